The molecule has 0 spiro atoms. The van der Waals surface area contributed by atoms with Gasteiger partial charge in [-0.3, -0.25) is 0 Å². The quantitative estimate of drug-likeness (QED) is 0.894. The van der Waals surface area contributed by atoms with Crippen LogP contribution in [0.15, 0.2) is 22.7 Å². The zero-order valence-electron chi connectivity index (χ0n) is 9.04. The van der Waals surface area contributed by atoms with Gasteiger partial charge in [0.2, 0.25) is 0 Å². The second-order valence-corrected chi connectivity index (χ2v) is 5.23. The third-order valence-corrected chi connectivity index (χ3v) is 3.53. The summed E-state index contributed by atoms with van der Waals surface area (Å²) in [5.41, 5.74) is 8.31. The highest BCUT2D eigenvalue weighted by molar-refractivity contribution is 9.10. The summed E-state index contributed by atoms with van der Waals surface area (Å²) in [6, 6.07) is 6.35. The molecule has 1 atom stereocenters. The van der Waals surface area contributed by atoms with E-state index in [0.717, 1.165) is 23.5 Å². The zero-order chi connectivity index (χ0) is 10.8. The minimum Gasteiger partial charge on any atom is -0.371 e. The predicted molar refractivity (Wildman–Crippen MR) is 68.0 cm³/mol. The second-order valence-electron chi connectivity index (χ2n) is 4.32. The van der Waals surface area contributed by atoms with E-state index in [-0.39, 0.29) is 0 Å². The maximum atomic E-state index is 5.76. The highest BCUT2D eigenvalue weighted by Crippen LogP contribution is 2.29. The highest BCUT2D eigenvalue weighted by Gasteiger charge is 2.20. The molecule has 1 aromatic rings. The molecule has 1 unspecified atom stereocenters. The van der Waals surface area contributed by atoms with E-state index in [1.54, 1.807) is 0 Å². The Morgan fingerprint density at radius 3 is 2.93 bits per heavy atom. The SMILES string of the molecule is CC1CCN(c2cc(Br)ccc2CN)C1. The third-order valence-electron chi connectivity index (χ3n) is 3.03. The molecular formula is C12H17BrN2. The van der Waals surface area contributed by atoms with Crippen LogP contribution in [0.3, 0.4) is 0 Å². The Labute approximate surface area is 99.6 Å². The number of benzene rings is 1. The van der Waals surface area contributed by atoms with Crippen molar-refractivity contribution in [2.45, 2.75) is 19.9 Å². The molecule has 82 valence electrons. The predicted octanol–water partition coefficient (Wildman–Crippen LogP) is 2.75. The minimum absolute atomic E-state index is 0.619. The average Bonchev–Trinajstić information content (AvgIpc) is 2.65. The van der Waals surface area contributed by atoms with Crippen molar-refractivity contribution in [1.29, 1.82) is 0 Å². The summed E-state index contributed by atoms with van der Waals surface area (Å²) in [5, 5.41) is 0. The molecule has 15 heavy (non-hydrogen) atoms. The molecule has 2 N–H and O–H groups in total. The fraction of sp³-hybridized carbons (Fsp3) is 0.500. The molecule has 1 aromatic carbocycles. The molecule has 0 radical (unpaired) electrons. The average molecular weight is 269 g/mol. The van der Waals surface area contributed by atoms with Gasteiger partial charge >= 0.3 is 0 Å². The van der Waals surface area contributed by atoms with E-state index in [1.807, 2.05) is 0 Å². The van der Waals surface area contributed by atoms with E-state index in [4.69, 9.17) is 5.73 Å². The van der Waals surface area contributed by atoms with Gasteiger partial charge in [0, 0.05) is 29.8 Å². The lowest BCUT2D eigenvalue weighted by molar-refractivity contribution is 0.659. The smallest absolute Gasteiger partial charge is 0.0423 e. The maximum absolute atomic E-state index is 5.76. The summed E-state index contributed by atoms with van der Waals surface area (Å²) in [5.74, 6) is 0.801. The molecule has 0 amide bonds. The van der Waals surface area contributed by atoms with Gasteiger partial charge in [0.05, 0.1) is 0 Å². The first-order valence-electron chi connectivity index (χ1n) is 5.44. The summed E-state index contributed by atoms with van der Waals surface area (Å²) < 4.78 is 1.13. The molecule has 0 aromatic heterocycles. The normalized spacial score (nSPS) is 21.0. The van der Waals surface area contributed by atoms with E-state index in [0.29, 0.717) is 6.54 Å². The lowest BCUT2D eigenvalue weighted by atomic mass is 10.1. The highest BCUT2D eigenvalue weighted by atomic mass is 79.9. The molecule has 0 saturated carbocycles. The van der Waals surface area contributed by atoms with E-state index in [1.165, 1.54) is 17.7 Å². The molecule has 3 heteroatoms. The van der Waals surface area contributed by atoms with Crippen LogP contribution in [0.2, 0.25) is 0 Å². The van der Waals surface area contributed by atoms with Crippen molar-refractivity contribution in [3.05, 3.63) is 28.2 Å². The topological polar surface area (TPSA) is 29.3 Å². The van der Waals surface area contributed by atoms with Crippen LogP contribution in [0.25, 0.3) is 0 Å². The standard InChI is InChI=1S/C12H17BrN2/c1-9-4-5-15(8-9)12-6-11(13)3-2-10(12)7-14/h2-3,6,9H,4-5,7-8,14H2,1H3. The van der Waals surface area contributed by atoms with Crippen molar-refractivity contribution < 1.29 is 0 Å². The Bertz CT molecular complexity index is 351. The van der Waals surface area contributed by atoms with Crippen molar-refractivity contribution in [3.63, 3.8) is 0 Å². The third kappa shape index (κ3) is 2.34. The van der Waals surface area contributed by atoms with Crippen LogP contribution in [-0.4, -0.2) is 13.1 Å². The molecule has 2 nitrogen and oxygen atoms in total. The van der Waals surface area contributed by atoms with E-state index in [2.05, 4.69) is 46.0 Å². The molecule has 1 saturated heterocycles. The Morgan fingerprint density at radius 1 is 1.53 bits per heavy atom. The molecule has 1 heterocycles. The first-order valence-corrected chi connectivity index (χ1v) is 6.23. The van der Waals surface area contributed by atoms with Gasteiger partial charge in [-0.05, 0) is 30.0 Å². The Morgan fingerprint density at radius 2 is 2.33 bits per heavy atom. The van der Waals surface area contributed by atoms with Gasteiger partial charge in [-0.2, -0.15) is 0 Å². The number of rotatable bonds is 2. The Hall–Kier alpha value is -0.540. The Balaban J connectivity index is 2.29. The first kappa shape index (κ1) is 11.0. The van der Waals surface area contributed by atoms with E-state index in [9.17, 15) is 0 Å². The molecule has 1 aliphatic heterocycles. The van der Waals surface area contributed by atoms with Crippen LogP contribution < -0.4 is 10.6 Å². The number of nitrogens with zero attached hydrogens (tertiary/aromatic N) is 1. The fourth-order valence-electron chi connectivity index (χ4n) is 2.16. The summed E-state index contributed by atoms with van der Waals surface area (Å²) in [6.07, 6.45) is 1.29. The van der Waals surface area contributed by atoms with Gasteiger partial charge in [-0.1, -0.05) is 28.9 Å². The van der Waals surface area contributed by atoms with Gasteiger partial charge in [0.25, 0.3) is 0 Å². The Kier molecular flexibility index (Phi) is 3.32. The lowest BCUT2D eigenvalue weighted by Gasteiger charge is -2.21. The van der Waals surface area contributed by atoms with Crippen LogP contribution in [0.4, 0.5) is 5.69 Å². The van der Waals surface area contributed by atoms with E-state index < -0.39 is 0 Å². The van der Waals surface area contributed by atoms with Gasteiger partial charge < -0.3 is 10.6 Å². The van der Waals surface area contributed by atoms with Crippen molar-refractivity contribution >= 4 is 21.6 Å². The summed E-state index contributed by atoms with van der Waals surface area (Å²) >= 11 is 3.52. The number of halogens is 1. The van der Waals surface area contributed by atoms with Crippen LogP contribution >= 0.6 is 15.9 Å². The molecule has 0 bridgehead atoms. The zero-order valence-corrected chi connectivity index (χ0v) is 10.6. The molecular weight excluding hydrogens is 252 g/mol. The second kappa shape index (κ2) is 4.54. The number of hydrogen-bond donors (Lipinski definition) is 1. The molecule has 1 fully saturated rings. The summed E-state index contributed by atoms with van der Waals surface area (Å²) in [6.45, 7) is 5.24. The largest absolute Gasteiger partial charge is 0.371 e. The summed E-state index contributed by atoms with van der Waals surface area (Å²) in [7, 11) is 0. The first-order chi connectivity index (χ1) is 7.20. The van der Waals surface area contributed by atoms with Gasteiger partial charge in [0.15, 0.2) is 0 Å². The van der Waals surface area contributed by atoms with Crippen molar-refractivity contribution in [2.24, 2.45) is 11.7 Å². The summed E-state index contributed by atoms with van der Waals surface area (Å²) in [4.78, 5) is 2.44. The van der Waals surface area contributed by atoms with Crippen LogP contribution in [-0.2, 0) is 6.54 Å². The van der Waals surface area contributed by atoms with Gasteiger partial charge in [-0.15, -0.1) is 0 Å². The van der Waals surface area contributed by atoms with Gasteiger partial charge in [0.1, 0.15) is 0 Å². The van der Waals surface area contributed by atoms with Crippen LogP contribution in [0.5, 0.6) is 0 Å². The molecule has 2 rings (SSSR count). The van der Waals surface area contributed by atoms with Crippen LogP contribution in [0, 0.1) is 5.92 Å². The maximum Gasteiger partial charge on any atom is 0.0423 e. The fourth-order valence-corrected chi connectivity index (χ4v) is 2.51. The van der Waals surface area contributed by atoms with Crippen LogP contribution in [0.1, 0.15) is 18.9 Å². The van der Waals surface area contributed by atoms with Crippen molar-refractivity contribution in [1.82, 2.24) is 0 Å². The monoisotopic (exact) mass is 268 g/mol. The number of hydrogen-bond acceptors (Lipinski definition) is 2. The van der Waals surface area contributed by atoms with Crippen molar-refractivity contribution in [3.8, 4) is 0 Å². The minimum atomic E-state index is 0.619. The van der Waals surface area contributed by atoms with E-state index >= 15 is 0 Å². The lowest BCUT2D eigenvalue weighted by Crippen LogP contribution is -2.21. The number of nitrogens with two attached hydrogens (primary N) is 1. The molecule has 0 aliphatic carbocycles. The number of anilines is 1. The van der Waals surface area contributed by atoms with Crippen molar-refractivity contribution in [2.75, 3.05) is 18.0 Å². The van der Waals surface area contributed by atoms with Gasteiger partial charge in [-0.25, -0.2) is 0 Å². The molecule has 1 aliphatic rings.